The number of hydrogen-bond donors (Lipinski definition) is 1. The number of amides is 1. The predicted molar refractivity (Wildman–Crippen MR) is 125 cm³/mol. The van der Waals surface area contributed by atoms with E-state index in [1.165, 1.54) is 0 Å². The Hall–Kier alpha value is -3.60. The lowest BCUT2D eigenvalue weighted by Gasteiger charge is -2.29. The average Bonchev–Trinajstić information content (AvgIpc) is 2.79. The van der Waals surface area contributed by atoms with Crippen LogP contribution in [0.3, 0.4) is 0 Å². The van der Waals surface area contributed by atoms with Gasteiger partial charge < -0.3 is 15.0 Å². The topological polar surface area (TPSA) is 58.6 Å². The number of esters is 1. The Balaban J connectivity index is 1.50. The number of benzene rings is 3. The Bertz CT molecular complexity index is 971. The second kappa shape index (κ2) is 11.0. The third-order valence-corrected chi connectivity index (χ3v) is 4.80. The van der Waals surface area contributed by atoms with E-state index < -0.39 is 0 Å². The maximum Gasteiger partial charge on any atom is 0.306 e. The number of hydrogen-bond acceptors (Lipinski definition) is 4. The van der Waals surface area contributed by atoms with Gasteiger partial charge in [-0.3, -0.25) is 9.59 Å². The number of nitrogens with zero attached hydrogens (tertiary/aromatic N) is 1. The highest BCUT2D eigenvalue weighted by atomic mass is 16.5. The summed E-state index contributed by atoms with van der Waals surface area (Å²) in [6.07, 6.45) is 0.840. The van der Waals surface area contributed by atoms with Crippen LogP contribution in [0.1, 0.15) is 25.8 Å². The Morgan fingerprint density at radius 1 is 0.839 bits per heavy atom. The van der Waals surface area contributed by atoms with E-state index in [-0.39, 0.29) is 30.9 Å². The first-order valence-corrected chi connectivity index (χ1v) is 10.5. The molecule has 0 spiro atoms. The molecule has 0 heterocycles. The molecule has 160 valence electrons. The normalized spacial score (nSPS) is 10.5. The summed E-state index contributed by atoms with van der Waals surface area (Å²) in [5.41, 5.74) is 3.86. The van der Waals surface area contributed by atoms with Crippen LogP contribution in [0.25, 0.3) is 0 Å². The highest BCUT2D eigenvalue weighted by Crippen LogP contribution is 2.28. The molecule has 31 heavy (non-hydrogen) atoms. The summed E-state index contributed by atoms with van der Waals surface area (Å²) >= 11 is 0. The first kappa shape index (κ1) is 22.1. The second-order valence-electron chi connectivity index (χ2n) is 7.54. The van der Waals surface area contributed by atoms with E-state index >= 15 is 0 Å². The second-order valence-corrected chi connectivity index (χ2v) is 7.54. The molecule has 5 heteroatoms. The number of rotatable bonds is 9. The van der Waals surface area contributed by atoms with Crippen molar-refractivity contribution < 1.29 is 14.3 Å². The highest BCUT2D eigenvalue weighted by Gasteiger charge is 2.13. The minimum absolute atomic E-state index is 0.247. The first-order chi connectivity index (χ1) is 15.0. The molecule has 0 saturated carbocycles. The van der Waals surface area contributed by atoms with Gasteiger partial charge in [0.25, 0.3) is 5.91 Å². The zero-order valence-electron chi connectivity index (χ0n) is 18.0. The summed E-state index contributed by atoms with van der Waals surface area (Å²) < 4.78 is 5.09. The van der Waals surface area contributed by atoms with Crippen molar-refractivity contribution in [1.82, 2.24) is 0 Å². The molecular weight excluding hydrogens is 388 g/mol. The van der Waals surface area contributed by atoms with Crippen molar-refractivity contribution in [2.24, 2.45) is 0 Å². The van der Waals surface area contributed by atoms with Gasteiger partial charge in [-0.2, -0.15) is 0 Å². The lowest BCUT2D eigenvalue weighted by atomic mass is 10.1. The fourth-order valence-corrected chi connectivity index (χ4v) is 3.35. The van der Waals surface area contributed by atoms with Crippen LogP contribution in [-0.2, 0) is 20.7 Å². The fourth-order valence-electron chi connectivity index (χ4n) is 3.35. The summed E-state index contributed by atoms with van der Waals surface area (Å²) in [5, 5.41) is 2.77. The summed E-state index contributed by atoms with van der Waals surface area (Å²) in [6.45, 7) is 3.97. The van der Waals surface area contributed by atoms with Gasteiger partial charge in [0.15, 0.2) is 6.61 Å². The van der Waals surface area contributed by atoms with Crippen molar-refractivity contribution in [1.29, 1.82) is 0 Å². The maximum atomic E-state index is 12.1. The number of nitrogens with one attached hydrogen (secondary N) is 1. The molecule has 0 aromatic heterocycles. The van der Waals surface area contributed by atoms with Gasteiger partial charge in [0.2, 0.25) is 0 Å². The molecule has 0 saturated heterocycles. The molecular formula is C26H28N2O3. The van der Waals surface area contributed by atoms with Crippen molar-refractivity contribution in [3.05, 3.63) is 90.5 Å². The summed E-state index contributed by atoms with van der Waals surface area (Å²) in [6, 6.07) is 27.8. The molecule has 0 fully saturated rings. The minimum Gasteiger partial charge on any atom is -0.456 e. The van der Waals surface area contributed by atoms with Crippen molar-refractivity contribution in [2.45, 2.75) is 32.7 Å². The van der Waals surface area contributed by atoms with Crippen molar-refractivity contribution in [3.63, 3.8) is 0 Å². The Kier molecular flexibility index (Phi) is 7.82. The fraction of sp³-hybridized carbons (Fsp3) is 0.231. The third kappa shape index (κ3) is 6.71. The van der Waals surface area contributed by atoms with Crippen LogP contribution < -0.4 is 10.2 Å². The molecule has 5 nitrogen and oxygen atoms in total. The van der Waals surface area contributed by atoms with Gasteiger partial charge in [0.1, 0.15) is 0 Å². The zero-order chi connectivity index (χ0) is 22.1. The van der Waals surface area contributed by atoms with Gasteiger partial charge in [-0.25, -0.2) is 0 Å². The SMILES string of the molecule is CC(C)N(c1ccccc1)c1ccc(NC(=O)COC(=O)CCc2ccccc2)cc1. The minimum atomic E-state index is -0.384. The first-order valence-electron chi connectivity index (χ1n) is 10.5. The van der Waals surface area contributed by atoms with Crippen LogP contribution in [0, 0.1) is 0 Å². The third-order valence-electron chi connectivity index (χ3n) is 4.80. The molecule has 0 aliphatic carbocycles. The molecule has 0 aliphatic rings. The van der Waals surface area contributed by atoms with Gasteiger partial charge in [0.05, 0.1) is 0 Å². The predicted octanol–water partition coefficient (Wildman–Crippen LogP) is 5.35. The Morgan fingerprint density at radius 3 is 2.03 bits per heavy atom. The summed E-state index contributed by atoms with van der Waals surface area (Å²) in [4.78, 5) is 26.2. The van der Waals surface area contributed by atoms with Crippen LogP contribution in [0.4, 0.5) is 17.1 Å². The monoisotopic (exact) mass is 416 g/mol. The lowest BCUT2D eigenvalue weighted by Crippen LogP contribution is -2.25. The number of para-hydroxylation sites is 1. The van der Waals surface area contributed by atoms with E-state index in [0.717, 1.165) is 16.9 Å². The molecule has 0 bridgehead atoms. The van der Waals surface area contributed by atoms with Crippen LogP contribution in [0.5, 0.6) is 0 Å². The van der Waals surface area contributed by atoms with Crippen LogP contribution in [0.15, 0.2) is 84.9 Å². The molecule has 1 amide bonds. The van der Waals surface area contributed by atoms with Gasteiger partial charge >= 0.3 is 5.97 Å². The van der Waals surface area contributed by atoms with Gasteiger partial charge in [-0.1, -0.05) is 48.5 Å². The molecule has 3 rings (SSSR count). The van der Waals surface area contributed by atoms with Crippen LogP contribution >= 0.6 is 0 Å². The smallest absolute Gasteiger partial charge is 0.306 e. The zero-order valence-corrected chi connectivity index (χ0v) is 18.0. The van der Waals surface area contributed by atoms with E-state index in [9.17, 15) is 9.59 Å². The van der Waals surface area contributed by atoms with E-state index in [1.54, 1.807) is 0 Å². The number of aryl methyl sites for hydroxylation is 1. The molecule has 0 radical (unpaired) electrons. The molecule has 0 atom stereocenters. The van der Waals surface area contributed by atoms with Crippen molar-refractivity contribution in [2.75, 3.05) is 16.8 Å². The molecule has 0 aliphatic heterocycles. The number of anilines is 3. The van der Waals surface area contributed by atoms with E-state index in [4.69, 9.17) is 4.74 Å². The standard InChI is InChI=1S/C26H28N2O3/c1-20(2)28(23-11-7-4-8-12-23)24-16-14-22(15-17-24)27-25(29)19-31-26(30)18-13-21-9-5-3-6-10-21/h3-12,14-17,20H,13,18-19H2,1-2H3,(H,27,29). The molecule has 0 unspecified atom stereocenters. The molecule has 1 N–H and O–H groups in total. The summed E-state index contributed by atoms with van der Waals surface area (Å²) in [7, 11) is 0. The van der Waals surface area contributed by atoms with Crippen molar-refractivity contribution >= 4 is 28.9 Å². The largest absolute Gasteiger partial charge is 0.456 e. The van der Waals surface area contributed by atoms with Crippen molar-refractivity contribution in [3.8, 4) is 0 Å². The van der Waals surface area contributed by atoms with Gasteiger partial charge in [0, 0.05) is 29.5 Å². The average molecular weight is 417 g/mol. The molecule has 3 aromatic carbocycles. The maximum absolute atomic E-state index is 12.1. The van der Waals surface area contributed by atoms with Gasteiger partial charge in [-0.15, -0.1) is 0 Å². The van der Waals surface area contributed by atoms with Crippen LogP contribution in [0.2, 0.25) is 0 Å². The Labute approximate surface area is 183 Å². The van der Waals surface area contributed by atoms with Crippen LogP contribution in [-0.4, -0.2) is 24.5 Å². The van der Waals surface area contributed by atoms with E-state index in [0.29, 0.717) is 12.1 Å². The lowest BCUT2D eigenvalue weighted by molar-refractivity contribution is -0.147. The van der Waals surface area contributed by atoms with Gasteiger partial charge in [-0.05, 0) is 62.2 Å². The number of carbonyl (C=O) groups is 2. The molecule has 3 aromatic rings. The number of carbonyl (C=O) groups excluding carboxylic acids is 2. The summed E-state index contributed by atoms with van der Waals surface area (Å²) in [5.74, 6) is -0.741. The Morgan fingerprint density at radius 2 is 1.42 bits per heavy atom. The quantitative estimate of drug-likeness (QED) is 0.478. The number of ether oxygens (including phenoxy) is 1. The van der Waals surface area contributed by atoms with E-state index in [1.807, 2.05) is 72.8 Å². The van der Waals surface area contributed by atoms with E-state index in [2.05, 4.69) is 36.2 Å². The highest BCUT2D eigenvalue weighted by molar-refractivity contribution is 5.93.